The largest absolute Gasteiger partial charge is 0.461 e. The molecule has 0 spiro atoms. The fraction of sp³-hybridized carbons (Fsp3) is 0.867. The van der Waals surface area contributed by atoms with Gasteiger partial charge < -0.3 is 19.9 Å². The number of hydrogen-bond donors (Lipinski definition) is 2. The molecule has 1 amide bonds. The van der Waals surface area contributed by atoms with Crippen molar-refractivity contribution < 1.29 is 24.2 Å². The van der Waals surface area contributed by atoms with Crippen molar-refractivity contribution >= 4 is 12.1 Å². The van der Waals surface area contributed by atoms with Gasteiger partial charge in [-0.15, -0.1) is 0 Å². The lowest BCUT2D eigenvalue weighted by atomic mass is 9.98. The van der Waals surface area contributed by atoms with Crippen LogP contribution >= 0.6 is 0 Å². The molecule has 1 aliphatic rings. The van der Waals surface area contributed by atoms with Crippen molar-refractivity contribution in [3.8, 4) is 0 Å². The monoisotopic (exact) mass is 301 g/mol. The molecule has 0 unspecified atom stereocenters. The molecule has 1 saturated carbocycles. The molecular weight excluding hydrogens is 274 g/mol. The summed E-state index contributed by atoms with van der Waals surface area (Å²) >= 11 is 0. The Morgan fingerprint density at radius 2 is 1.76 bits per heavy atom. The van der Waals surface area contributed by atoms with Crippen LogP contribution in [-0.4, -0.2) is 41.0 Å². The van der Waals surface area contributed by atoms with Gasteiger partial charge in [-0.05, 0) is 53.4 Å². The highest BCUT2D eigenvalue weighted by atomic mass is 16.6. The molecule has 6 heteroatoms. The van der Waals surface area contributed by atoms with Crippen molar-refractivity contribution in [1.29, 1.82) is 0 Å². The summed E-state index contributed by atoms with van der Waals surface area (Å²) < 4.78 is 10.6. The zero-order valence-electron chi connectivity index (χ0n) is 13.4. The summed E-state index contributed by atoms with van der Waals surface area (Å²) in [6, 6.07) is 0. The number of aliphatic hydroxyl groups is 1. The molecule has 1 fully saturated rings. The molecule has 0 aromatic rings. The topological polar surface area (TPSA) is 84.9 Å². The molecule has 0 heterocycles. The van der Waals surface area contributed by atoms with Crippen molar-refractivity contribution in [3.05, 3.63) is 0 Å². The van der Waals surface area contributed by atoms with Gasteiger partial charge in [-0.25, -0.2) is 9.59 Å². The summed E-state index contributed by atoms with van der Waals surface area (Å²) in [5.74, 6) is -0.519. The fourth-order valence-corrected chi connectivity index (χ4v) is 2.26. The maximum absolute atomic E-state index is 12.3. The number of aliphatic hydroxyl groups excluding tert-OH is 1. The molecule has 0 bridgehead atoms. The van der Waals surface area contributed by atoms with Crippen LogP contribution in [0.2, 0.25) is 0 Å². The summed E-state index contributed by atoms with van der Waals surface area (Å²) in [4.78, 5) is 24.2. The van der Waals surface area contributed by atoms with Crippen LogP contribution in [0, 0.1) is 0 Å². The SMILES string of the molecule is CC(C)(C)OC(=O)N[C@@](C)(CCO)C(=O)OC1CCCC1. The highest BCUT2D eigenvalue weighted by Gasteiger charge is 2.39. The lowest BCUT2D eigenvalue weighted by Gasteiger charge is -2.30. The Kier molecular flexibility index (Phi) is 6.01. The molecule has 1 rings (SSSR count). The fourth-order valence-electron chi connectivity index (χ4n) is 2.26. The number of carbonyl (C=O) groups is 2. The van der Waals surface area contributed by atoms with Crippen molar-refractivity contribution in [2.24, 2.45) is 0 Å². The lowest BCUT2D eigenvalue weighted by molar-refractivity contribution is -0.157. The zero-order valence-corrected chi connectivity index (χ0v) is 13.4. The van der Waals surface area contributed by atoms with E-state index < -0.39 is 23.2 Å². The number of nitrogens with one attached hydrogen (secondary N) is 1. The molecule has 1 aliphatic carbocycles. The third-order valence-electron chi connectivity index (χ3n) is 3.42. The highest BCUT2D eigenvalue weighted by molar-refractivity contribution is 5.85. The first-order valence-corrected chi connectivity index (χ1v) is 7.49. The predicted octanol–water partition coefficient (Wildman–Crippen LogP) is 2.14. The minimum atomic E-state index is -1.28. The van der Waals surface area contributed by atoms with Crippen LogP contribution in [0.25, 0.3) is 0 Å². The van der Waals surface area contributed by atoms with Crippen LogP contribution in [-0.2, 0) is 14.3 Å². The normalized spacial score (nSPS) is 18.9. The van der Waals surface area contributed by atoms with Crippen molar-refractivity contribution in [3.63, 3.8) is 0 Å². The van der Waals surface area contributed by atoms with Gasteiger partial charge in [-0.3, -0.25) is 0 Å². The van der Waals surface area contributed by atoms with Crippen molar-refractivity contribution in [1.82, 2.24) is 5.32 Å². The second kappa shape index (κ2) is 7.11. The van der Waals surface area contributed by atoms with E-state index in [0.29, 0.717) is 0 Å². The van der Waals surface area contributed by atoms with E-state index in [4.69, 9.17) is 14.6 Å². The zero-order chi connectivity index (χ0) is 16.1. The highest BCUT2D eigenvalue weighted by Crippen LogP contribution is 2.24. The van der Waals surface area contributed by atoms with E-state index in [1.807, 2.05) is 0 Å². The molecule has 2 N–H and O–H groups in total. The third-order valence-corrected chi connectivity index (χ3v) is 3.42. The van der Waals surface area contributed by atoms with Crippen molar-refractivity contribution in [2.45, 2.75) is 77.0 Å². The maximum Gasteiger partial charge on any atom is 0.408 e. The van der Waals surface area contributed by atoms with Crippen LogP contribution in [0.3, 0.4) is 0 Å². The molecule has 21 heavy (non-hydrogen) atoms. The van der Waals surface area contributed by atoms with E-state index >= 15 is 0 Å². The average molecular weight is 301 g/mol. The van der Waals surface area contributed by atoms with Gasteiger partial charge in [-0.1, -0.05) is 0 Å². The van der Waals surface area contributed by atoms with E-state index in [-0.39, 0.29) is 19.1 Å². The number of rotatable bonds is 5. The lowest BCUT2D eigenvalue weighted by Crippen LogP contribution is -2.55. The summed E-state index contributed by atoms with van der Waals surface area (Å²) in [5, 5.41) is 11.7. The van der Waals surface area contributed by atoms with Gasteiger partial charge in [0, 0.05) is 13.0 Å². The Labute approximate surface area is 126 Å². The van der Waals surface area contributed by atoms with Gasteiger partial charge in [0.25, 0.3) is 0 Å². The van der Waals surface area contributed by atoms with E-state index in [1.165, 1.54) is 0 Å². The molecule has 0 aromatic heterocycles. The Hall–Kier alpha value is -1.30. The van der Waals surface area contributed by atoms with E-state index in [2.05, 4.69) is 5.32 Å². The van der Waals surface area contributed by atoms with E-state index in [0.717, 1.165) is 25.7 Å². The van der Waals surface area contributed by atoms with Gasteiger partial charge in [-0.2, -0.15) is 0 Å². The van der Waals surface area contributed by atoms with Gasteiger partial charge in [0.1, 0.15) is 17.2 Å². The smallest absolute Gasteiger partial charge is 0.408 e. The van der Waals surface area contributed by atoms with Gasteiger partial charge in [0.2, 0.25) is 0 Å². The molecule has 6 nitrogen and oxygen atoms in total. The van der Waals surface area contributed by atoms with Gasteiger partial charge >= 0.3 is 12.1 Å². The average Bonchev–Trinajstić information content (AvgIpc) is 2.78. The minimum Gasteiger partial charge on any atom is -0.461 e. The van der Waals surface area contributed by atoms with Crippen molar-refractivity contribution in [2.75, 3.05) is 6.61 Å². The number of ether oxygens (including phenoxy) is 2. The van der Waals surface area contributed by atoms with Gasteiger partial charge in [0.05, 0.1) is 0 Å². The summed E-state index contributed by atoms with van der Waals surface area (Å²) in [5.41, 5.74) is -1.93. The number of amides is 1. The van der Waals surface area contributed by atoms with Crippen LogP contribution in [0.1, 0.15) is 59.8 Å². The number of alkyl carbamates (subject to hydrolysis) is 1. The first kappa shape index (κ1) is 17.8. The molecule has 0 aliphatic heterocycles. The molecule has 0 aromatic carbocycles. The number of hydrogen-bond acceptors (Lipinski definition) is 5. The molecule has 122 valence electrons. The minimum absolute atomic E-state index is 0.0811. The molecule has 1 atom stereocenters. The first-order valence-electron chi connectivity index (χ1n) is 7.49. The molecule has 0 radical (unpaired) electrons. The van der Waals surface area contributed by atoms with Crippen LogP contribution in [0.4, 0.5) is 4.79 Å². The maximum atomic E-state index is 12.3. The summed E-state index contributed by atoms with van der Waals surface area (Å²) in [6.07, 6.45) is 3.11. The molecular formula is C15H27NO5. The number of esters is 1. The van der Waals surface area contributed by atoms with E-state index in [1.54, 1.807) is 27.7 Å². The summed E-state index contributed by atoms with van der Waals surface area (Å²) in [6.45, 7) is 6.54. The van der Waals surface area contributed by atoms with Crippen LogP contribution < -0.4 is 5.32 Å². The Morgan fingerprint density at radius 3 is 2.24 bits per heavy atom. The summed E-state index contributed by atoms with van der Waals surface area (Å²) in [7, 11) is 0. The molecule has 0 saturated heterocycles. The second-order valence-corrected chi connectivity index (χ2v) is 6.74. The van der Waals surface area contributed by atoms with Crippen LogP contribution in [0.5, 0.6) is 0 Å². The Morgan fingerprint density at radius 1 is 1.19 bits per heavy atom. The first-order chi connectivity index (χ1) is 9.66. The van der Waals surface area contributed by atoms with Gasteiger partial charge in [0.15, 0.2) is 0 Å². The third kappa shape index (κ3) is 5.91. The second-order valence-electron chi connectivity index (χ2n) is 6.74. The number of carbonyl (C=O) groups excluding carboxylic acids is 2. The Balaban J connectivity index is 2.66. The van der Waals surface area contributed by atoms with Crippen LogP contribution in [0.15, 0.2) is 0 Å². The predicted molar refractivity (Wildman–Crippen MR) is 77.8 cm³/mol. The standard InChI is InChI=1S/C15H27NO5/c1-14(2,3)21-13(19)16-15(4,9-10-17)12(18)20-11-7-5-6-8-11/h11,17H,5-10H2,1-4H3,(H,16,19)/t15-/m0/s1. The van der Waals surface area contributed by atoms with E-state index in [9.17, 15) is 9.59 Å². The Bertz CT molecular complexity index is 371. The quantitative estimate of drug-likeness (QED) is 0.760.